The number of hydrogen-bond acceptors (Lipinski definition) is 9. The minimum atomic E-state index is -0.655. The third-order valence-corrected chi connectivity index (χ3v) is 7.35. The molecule has 13 heteroatoms. The number of amides is 1. The number of nitrogens with two attached hydrogens (primary N) is 1. The zero-order valence-electron chi connectivity index (χ0n) is 22.5. The Balaban J connectivity index is 1.24. The molecule has 5 rings (SSSR count). The van der Waals surface area contributed by atoms with Crippen LogP contribution in [-0.4, -0.2) is 94.1 Å². The van der Waals surface area contributed by atoms with E-state index in [1.165, 1.54) is 12.1 Å². The molecule has 3 aromatic rings. The van der Waals surface area contributed by atoms with Gasteiger partial charge in [-0.25, -0.2) is 13.5 Å². The van der Waals surface area contributed by atoms with E-state index >= 15 is 0 Å². The Kier molecular flexibility index (Phi) is 7.94. The standard InChI is InChI=1S/C27H33F2N9O2/c1-17-18(4-3-5-35-6-8-36(9-7-35)21-11-19(28)10-20(29)12-21)15-32-38(17)25-14-24(33-27(30)34-25)37-16-22(39)13-23(37)26(40)31-2/h3-4,10-12,14-15,22-23,39H,5-9,13,16H2,1-2H3,(H,31,40)(H2,30,33,34)/t22-,23-/m0/s1. The normalized spacial score (nSPS) is 20.0. The van der Waals surface area contributed by atoms with E-state index in [1.807, 2.05) is 17.9 Å². The lowest BCUT2D eigenvalue weighted by Crippen LogP contribution is -2.46. The average molecular weight is 554 g/mol. The first-order valence-corrected chi connectivity index (χ1v) is 13.2. The van der Waals surface area contributed by atoms with E-state index in [2.05, 4.69) is 31.4 Å². The van der Waals surface area contributed by atoms with Gasteiger partial charge in [-0.2, -0.15) is 15.1 Å². The molecular formula is C27H33F2N9O2. The highest BCUT2D eigenvalue weighted by Crippen LogP contribution is 2.27. The smallest absolute Gasteiger partial charge is 0.242 e. The largest absolute Gasteiger partial charge is 0.391 e. The number of hydrogen-bond donors (Lipinski definition) is 3. The van der Waals surface area contributed by atoms with Crippen molar-refractivity contribution in [1.29, 1.82) is 0 Å². The number of piperazine rings is 1. The molecule has 11 nitrogen and oxygen atoms in total. The summed E-state index contributed by atoms with van der Waals surface area (Å²) < 4.78 is 28.8. The fraction of sp³-hybridized carbons (Fsp3) is 0.407. The highest BCUT2D eigenvalue weighted by molar-refractivity contribution is 5.85. The van der Waals surface area contributed by atoms with Gasteiger partial charge < -0.3 is 26.0 Å². The molecule has 40 heavy (non-hydrogen) atoms. The maximum atomic E-state index is 13.6. The number of aromatic nitrogens is 4. The Morgan fingerprint density at radius 2 is 1.82 bits per heavy atom. The SMILES string of the molecule is CNC(=O)[C@@H]1C[C@H](O)CN1c1cc(-n2ncc(C=CCN3CCN(c4cc(F)cc(F)c4)CC3)c2C)nc(N)n1. The first-order chi connectivity index (χ1) is 19.2. The quantitative estimate of drug-likeness (QED) is 0.397. The van der Waals surface area contributed by atoms with Gasteiger partial charge in [-0.1, -0.05) is 12.2 Å². The molecule has 1 amide bonds. The summed E-state index contributed by atoms with van der Waals surface area (Å²) in [5.41, 5.74) is 8.34. The first-order valence-electron chi connectivity index (χ1n) is 13.2. The van der Waals surface area contributed by atoms with Crippen molar-refractivity contribution in [3.63, 3.8) is 0 Å². The molecule has 2 saturated heterocycles. The zero-order valence-corrected chi connectivity index (χ0v) is 22.5. The van der Waals surface area contributed by atoms with Crippen LogP contribution in [0, 0.1) is 18.6 Å². The molecular weight excluding hydrogens is 520 g/mol. The fourth-order valence-corrected chi connectivity index (χ4v) is 5.23. The molecule has 1 aromatic carbocycles. The van der Waals surface area contributed by atoms with Crippen LogP contribution in [0.25, 0.3) is 11.9 Å². The summed E-state index contributed by atoms with van der Waals surface area (Å²) in [7, 11) is 1.56. The van der Waals surface area contributed by atoms with Gasteiger partial charge in [0.25, 0.3) is 0 Å². The molecule has 0 spiro atoms. The molecule has 0 unspecified atom stereocenters. The van der Waals surface area contributed by atoms with E-state index in [-0.39, 0.29) is 18.4 Å². The molecule has 2 aliphatic rings. The fourth-order valence-electron chi connectivity index (χ4n) is 5.23. The van der Waals surface area contributed by atoms with Crippen molar-refractivity contribution in [3.8, 4) is 5.82 Å². The van der Waals surface area contributed by atoms with Crippen LogP contribution in [0.2, 0.25) is 0 Å². The van der Waals surface area contributed by atoms with E-state index in [9.17, 15) is 18.7 Å². The summed E-state index contributed by atoms with van der Waals surface area (Å²) in [6.07, 6.45) is 5.44. The van der Waals surface area contributed by atoms with Crippen molar-refractivity contribution in [2.45, 2.75) is 25.5 Å². The van der Waals surface area contributed by atoms with Gasteiger partial charge in [0.1, 0.15) is 23.5 Å². The second kappa shape index (κ2) is 11.6. The molecule has 4 heterocycles. The number of nitrogen functional groups attached to an aromatic ring is 1. The van der Waals surface area contributed by atoms with Gasteiger partial charge in [0, 0.05) is 76.1 Å². The van der Waals surface area contributed by atoms with E-state index in [1.54, 1.807) is 28.9 Å². The number of nitrogens with one attached hydrogen (secondary N) is 1. The van der Waals surface area contributed by atoms with Crippen molar-refractivity contribution in [2.24, 2.45) is 0 Å². The van der Waals surface area contributed by atoms with Crippen LogP contribution in [-0.2, 0) is 4.79 Å². The molecule has 0 aliphatic carbocycles. The van der Waals surface area contributed by atoms with Crippen molar-refractivity contribution in [3.05, 3.63) is 59.4 Å². The van der Waals surface area contributed by atoms with E-state index in [4.69, 9.17) is 5.73 Å². The summed E-state index contributed by atoms with van der Waals surface area (Å²) in [6.45, 7) is 5.80. The molecule has 0 radical (unpaired) electrons. The summed E-state index contributed by atoms with van der Waals surface area (Å²) in [5, 5.41) is 17.3. The first kappa shape index (κ1) is 27.5. The van der Waals surface area contributed by atoms with Gasteiger partial charge in [0.15, 0.2) is 5.82 Å². The van der Waals surface area contributed by atoms with Crippen LogP contribution < -0.4 is 20.9 Å². The Labute approximate surface area is 230 Å². The van der Waals surface area contributed by atoms with Gasteiger partial charge in [-0.3, -0.25) is 9.69 Å². The van der Waals surface area contributed by atoms with Crippen LogP contribution in [0.15, 0.2) is 36.5 Å². The van der Waals surface area contributed by atoms with Gasteiger partial charge in [0.05, 0.1) is 18.0 Å². The number of likely N-dealkylation sites (N-methyl/N-ethyl adjacent to an activating group) is 1. The van der Waals surface area contributed by atoms with E-state index < -0.39 is 23.8 Å². The van der Waals surface area contributed by atoms with E-state index in [0.717, 1.165) is 37.0 Å². The number of benzene rings is 1. The second-order valence-electron chi connectivity index (χ2n) is 10.0. The third kappa shape index (κ3) is 5.89. The zero-order chi connectivity index (χ0) is 28.4. The van der Waals surface area contributed by atoms with Crippen LogP contribution in [0.5, 0.6) is 0 Å². The van der Waals surface area contributed by atoms with E-state index in [0.29, 0.717) is 36.8 Å². The molecule has 2 fully saturated rings. The number of rotatable bonds is 7. The number of aliphatic hydroxyl groups excluding tert-OH is 1. The topological polar surface area (TPSA) is 129 Å². The Hall–Kier alpha value is -4.10. The van der Waals surface area contributed by atoms with Gasteiger partial charge in [-0.05, 0) is 19.1 Å². The second-order valence-corrected chi connectivity index (χ2v) is 10.0. The van der Waals surface area contributed by atoms with Gasteiger partial charge >= 0.3 is 0 Å². The minimum Gasteiger partial charge on any atom is -0.391 e. The number of anilines is 3. The Bertz CT molecular complexity index is 1380. The number of carbonyl (C=O) groups is 1. The number of β-amino-alcohol motifs (C(OH)–C–C–N with tert-alkyl or cyclic N) is 1. The lowest BCUT2D eigenvalue weighted by atomic mass is 10.2. The van der Waals surface area contributed by atoms with Gasteiger partial charge in [0.2, 0.25) is 11.9 Å². The molecule has 212 valence electrons. The maximum Gasteiger partial charge on any atom is 0.242 e. The van der Waals surface area contributed by atoms with Crippen molar-refractivity contribution in [1.82, 2.24) is 30.0 Å². The van der Waals surface area contributed by atoms with Crippen molar-refractivity contribution < 1.29 is 18.7 Å². The summed E-state index contributed by atoms with van der Waals surface area (Å²) in [6, 6.07) is 4.76. The van der Waals surface area contributed by atoms with Crippen LogP contribution >= 0.6 is 0 Å². The number of aliphatic hydroxyl groups is 1. The monoisotopic (exact) mass is 553 g/mol. The highest BCUT2D eigenvalue weighted by atomic mass is 19.1. The molecule has 2 atom stereocenters. The lowest BCUT2D eigenvalue weighted by Gasteiger charge is -2.35. The molecule has 0 saturated carbocycles. The molecule has 0 bridgehead atoms. The third-order valence-electron chi connectivity index (χ3n) is 7.35. The number of nitrogens with zero attached hydrogens (tertiary/aromatic N) is 7. The summed E-state index contributed by atoms with van der Waals surface area (Å²) >= 11 is 0. The maximum absolute atomic E-state index is 13.6. The minimum absolute atomic E-state index is 0.0386. The number of carbonyl (C=O) groups excluding carboxylic acids is 1. The van der Waals surface area contributed by atoms with Gasteiger partial charge in [-0.15, -0.1) is 0 Å². The molecule has 2 aliphatic heterocycles. The van der Waals surface area contributed by atoms with Crippen LogP contribution in [0.3, 0.4) is 0 Å². The Morgan fingerprint density at radius 3 is 2.52 bits per heavy atom. The number of halogens is 2. The van der Waals surface area contributed by atoms with Crippen molar-refractivity contribution in [2.75, 3.05) is 61.8 Å². The average Bonchev–Trinajstić information content (AvgIpc) is 3.50. The molecule has 2 aromatic heterocycles. The van der Waals surface area contributed by atoms with Crippen molar-refractivity contribution >= 4 is 29.4 Å². The highest BCUT2D eigenvalue weighted by Gasteiger charge is 2.36. The summed E-state index contributed by atoms with van der Waals surface area (Å²) in [4.78, 5) is 27.0. The lowest BCUT2D eigenvalue weighted by molar-refractivity contribution is -0.121. The van der Waals surface area contributed by atoms with Crippen LogP contribution in [0.1, 0.15) is 17.7 Å². The predicted molar refractivity (Wildman–Crippen MR) is 148 cm³/mol. The summed E-state index contributed by atoms with van der Waals surface area (Å²) in [5.74, 6) is -0.402. The molecule has 4 N–H and O–H groups in total. The Morgan fingerprint density at radius 1 is 1.12 bits per heavy atom. The predicted octanol–water partition coefficient (Wildman–Crippen LogP) is 1.35. The van der Waals surface area contributed by atoms with Crippen LogP contribution in [0.4, 0.5) is 26.2 Å².